The summed E-state index contributed by atoms with van der Waals surface area (Å²) in [5.41, 5.74) is 5.16. The van der Waals surface area contributed by atoms with Gasteiger partial charge in [-0.3, -0.25) is 0 Å². The van der Waals surface area contributed by atoms with Crippen LogP contribution in [-0.4, -0.2) is 5.11 Å². The molecule has 0 radical (unpaired) electrons. The third-order valence-corrected chi connectivity index (χ3v) is 3.96. The van der Waals surface area contributed by atoms with Crippen LogP contribution in [0, 0.1) is 0 Å². The predicted molar refractivity (Wildman–Crippen MR) is 90.9 cm³/mol. The van der Waals surface area contributed by atoms with E-state index < -0.39 is 0 Å². The van der Waals surface area contributed by atoms with Gasteiger partial charge >= 0.3 is 0 Å². The molecule has 21 heavy (non-hydrogen) atoms. The maximum atomic E-state index is 9.81. The lowest BCUT2D eigenvalue weighted by Crippen LogP contribution is -2.10. The van der Waals surface area contributed by atoms with E-state index in [1.807, 2.05) is 6.07 Å². The van der Waals surface area contributed by atoms with Gasteiger partial charge in [-0.05, 0) is 52.6 Å². The Morgan fingerprint density at radius 2 is 1.62 bits per heavy atom. The van der Waals surface area contributed by atoms with Crippen molar-refractivity contribution >= 4 is 0 Å². The zero-order valence-electron chi connectivity index (χ0n) is 13.6. The summed E-state index contributed by atoms with van der Waals surface area (Å²) in [5.74, 6) is 0.338. The van der Waals surface area contributed by atoms with Crippen LogP contribution in [-0.2, 0) is 11.8 Å². The lowest BCUT2D eigenvalue weighted by Gasteiger charge is -2.19. The first-order valence-electron chi connectivity index (χ1n) is 7.84. The van der Waals surface area contributed by atoms with Gasteiger partial charge in [-0.1, -0.05) is 64.4 Å². The molecule has 0 saturated carbocycles. The number of phenolic OH excluding ortho intramolecular Hbond substituents is 1. The topological polar surface area (TPSA) is 20.2 Å². The van der Waals surface area contributed by atoms with E-state index >= 15 is 0 Å². The summed E-state index contributed by atoms with van der Waals surface area (Å²) >= 11 is 0. The molecule has 0 unspecified atom stereocenters. The maximum absolute atomic E-state index is 9.81. The van der Waals surface area contributed by atoms with E-state index in [1.54, 1.807) is 6.07 Å². The molecule has 0 heterocycles. The predicted octanol–water partition coefficient (Wildman–Crippen LogP) is 5.70. The first-order valence-corrected chi connectivity index (χ1v) is 7.84. The Labute approximate surface area is 128 Å². The molecule has 1 heteroatoms. The standard InChI is InChI=1S/C20H26O/c1-5-6-7-15-10-13-18(21)14-19(15)16-8-11-17(12-9-16)20(2,3)4/h8-14,21H,5-7H2,1-4H3. The van der Waals surface area contributed by atoms with Crippen LogP contribution in [0.25, 0.3) is 11.1 Å². The normalized spacial score (nSPS) is 11.6. The Morgan fingerprint density at radius 1 is 0.952 bits per heavy atom. The molecule has 2 rings (SSSR count). The number of benzene rings is 2. The smallest absolute Gasteiger partial charge is 0.116 e. The molecule has 2 aromatic rings. The molecule has 0 atom stereocenters. The lowest BCUT2D eigenvalue weighted by atomic mass is 9.85. The van der Waals surface area contributed by atoms with Gasteiger partial charge in [0.2, 0.25) is 0 Å². The van der Waals surface area contributed by atoms with Crippen LogP contribution in [0.15, 0.2) is 42.5 Å². The molecule has 0 bridgehead atoms. The van der Waals surface area contributed by atoms with E-state index in [-0.39, 0.29) is 5.41 Å². The fourth-order valence-corrected chi connectivity index (χ4v) is 2.57. The number of aromatic hydroxyl groups is 1. The van der Waals surface area contributed by atoms with E-state index in [9.17, 15) is 5.11 Å². The van der Waals surface area contributed by atoms with Gasteiger partial charge < -0.3 is 5.11 Å². The van der Waals surface area contributed by atoms with Crippen LogP contribution in [0.2, 0.25) is 0 Å². The third-order valence-electron chi connectivity index (χ3n) is 3.96. The van der Waals surface area contributed by atoms with Crippen LogP contribution in [0.4, 0.5) is 0 Å². The van der Waals surface area contributed by atoms with E-state index in [2.05, 4.69) is 58.0 Å². The van der Waals surface area contributed by atoms with Gasteiger partial charge in [-0.25, -0.2) is 0 Å². The zero-order chi connectivity index (χ0) is 15.5. The number of aryl methyl sites for hydroxylation is 1. The molecule has 112 valence electrons. The number of hydrogen-bond acceptors (Lipinski definition) is 1. The fraction of sp³-hybridized carbons (Fsp3) is 0.400. The highest BCUT2D eigenvalue weighted by Crippen LogP contribution is 2.31. The van der Waals surface area contributed by atoms with Crippen molar-refractivity contribution in [2.24, 2.45) is 0 Å². The number of rotatable bonds is 4. The Balaban J connectivity index is 2.38. The molecule has 1 N–H and O–H groups in total. The van der Waals surface area contributed by atoms with Crippen molar-refractivity contribution < 1.29 is 5.11 Å². The quantitative estimate of drug-likeness (QED) is 0.762. The summed E-state index contributed by atoms with van der Waals surface area (Å²) in [4.78, 5) is 0. The van der Waals surface area contributed by atoms with Crippen LogP contribution < -0.4 is 0 Å². The summed E-state index contributed by atoms with van der Waals surface area (Å²) in [5, 5.41) is 9.81. The van der Waals surface area contributed by atoms with Gasteiger partial charge in [-0.2, -0.15) is 0 Å². The average Bonchev–Trinajstić information content (AvgIpc) is 2.45. The van der Waals surface area contributed by atoms with Crippen molar-refractivity contribution in [2.75, 3.05) is 0 Å². The number of hydrogen-bond donors (Lipinski definition) is 1. The summed E-state index contributed by atoms with van der Waals surface area (Å²) in [6.45, 7) is 8.88. The third kappa shape index (κ3) is 3.87. The molecule has 2 aromatic carbocycles. The summed E-state index contributed by atoms with van der Waals surface area (Å²) in [6, 6.07) is 14.5. The SMILES string of the molecule is CCCCc1ccc(O)cc1-c1ccc(C(C)(C)C)cc1. The Kier molecular flexibility index (Phi) is 4.72. The van der Waals surface area contributed by atoms with Crippen LogP contribution in [0.5, 0.6) is 5.75 Å². The van der Waals surface area contributed by atoms with Crippen molar-refractivity contribution in [3.05, 3.63) is 53.6 Å². The molecular weight excluding hydrogens is 256 g/mol. The molecule has 0 fully saturated rings. The van der Waals surface area contributed by atoms with E-state index in [0.29, 0.717) is 5.75 Å². The minimum absolute atomic E-state index is 0.169. The average molecular weight is 282 g/mol. The van der Waals surface area contributed by atoms with Crippen molar-refractivity contribution in [3.63, 3.8) is 0 Å². The highest BCUT2D eigenvalue weighted by Gasteiger charge is 2.14. The minimum atomic E-state index is 0.169. The van der Waals surface area contributed by atoms with Gasteiger partial charge in [-0.15, -0.1) is 0 Å². The minimum Gasteiger partial charge on any atom is -0.508 e. The van der Waals surface area contributed by atoms with Gasteiger partial charge in [0.25, 0.3) is 0 Å². The second-order valence-electron chi connectivity index (χ2n) is 6.77. The van der Waals surface area contributed by atoms with Gasteiger partial charge in [0.1, 0.15) is 5.75 Å². The second-order valence-corrected chi connectivity index (χ2v) is 6.77. The highest BCUT2D eigenvalue weighted by molar-refractivity contribution is 5.69. The fourth-order valence-electron chi connectivity index (χ4n) is 2.57. The molecule has 0 saturated heterocycles. The largest absolute Gasteiger partial charge is 0.508 e. The first-order chi connectivity index (χ1) is 9.91. The summed E-state index contributed by atoms with van der Waals surface area (Å²) < 4.78 is 0. The summed E-state index contributed by atoms with van der Waals surface area (Å²) in [6.07, 6.45) is 3.42. The molecule has 0 aromatic heterocycles. The zero-order valence-corrected chi connectivity index (χ0v) is 13.6. The van der Waals surface area contributed by atoms with E-state index in [0.717, 1.165) is 12.0 Å². The Hall–Kier alpha value is -1.76. The molecule has 0 aliphatic heterocycles. The highest BCUT2D eigenvalue weighted by atomic mass is 16.3. The van der Waals surface area contributed by atoms with Gasteiger partial charge in [0, 0.05) is 0 Å². The van der Waals surface area contributed by atoms with Crippen molar-refractivity contribution in [2.45, 2.75) is 52.4 Å². The van der Waals surface area contributed by atoms with Crippen molar-refractivity contribution in [1.29, 1.82) is 0 Å². The summed E-state index contributed by atoms with van der Waals surface area (Å²) in [7, 11) is 0. The number of phenols is 1. The van der Waals surface area contributed by atoms with Gasteiger partial charge in [0.05, 0.1) is 0 Å². The Morgan fingerprint density at radius 3 is 2.19 bits per heavy atom. The molecule has 1 nitrogen and oxygen atoms in total. The second kappa shape index (κ2) is 6.34. The molecule has 0 spiro atoms. The molecule has 0 aliphatic carbocycles. The monoisotopic (exact) mass is 282 g/mol. The van der Waals surface area contributed by atoms with Crippen molar-refractivity contribution in [3.8, 4) is 16.9 Å². The molecular formula is C20H26O. The van der Waals surface area contributed by atoms with E-state index in [1.165, 1.54) is 29.5 Å². The first kappa shape index (κ1) is 15.6. The van der Waals surface area contributed by atoms with Crippen LogP contribution in [0.1, 0.15) is 51.7 Å². The van der Waals surface area contributed by atoms with Gasteiger partial charge in [0.15, 0.2) is 0 Å². The van der Waals surface area contributed by atoms with Crippen LogP contribution in [0.3, 0.4) is 0 Å². The molecule has 0 amide bonds. The van der Waals surface area contributed by atoms with Crippen LogP contribution >= 0.6 is 0 Å². The molecule has 0 aliphatic rings. The van der Waals surface area contributed by atoms with Crippen molar-refractivity contribution in [1.82, 2.24) is 0 Å². The lowest BCUT2D eigenvalue weighted by molar-refractivity contribution is 0.475. The Bertz CT molecular complexity index is 588. The maximum Gasteiger partial charge on any atom is 0.116 e. The van der Waals surface area contributed by atoms with E-state index in [4.69, 9.17) is 0 Å². The number of unbranched alkanes of at least 4 members (excludes halogenated alkanes) is 1.